The minimum atomic E-state index is 0.843. The van der Waals surface area contributed by atoms with Gasteiger partial charge in [-0.05, 0) is 13.0 Å². The number of aromatic nitrogens is 2. The number of nitrogen functional groups attached to an aromatic ring is 1. The molecular formula is C10H20N6S. The van der Waals surface area contributed by atoms with E-state index >= 15 is 0 Å². The molecule has 0 spiro atoms. The molecule has 0 aromatic carbocycles. The Balaban J connectivity index is 1.82. The van der Waals surface area contributed by atoms with Crippen LogP contribution in [0.1, 0.15) is 19.0 Å². The van der Waals surface area contributed by atoms with Crippen molar-refractivity contribution >= 4 is 16.5 Å². The van der Waals surface area contributed by atoms with E-state index in [1.54, 1.807) is 0 Å². The van der Waals surface area contributed by atoms with Crippen LogP contribution in [0.2, 0.25) is 0 Å². The molecule has 0 aliphatic carbocycles. The van der Waals surface area contributed by atoms with Crippen molar-refractivity contribution < 1.29 is 0 Å². The van der Waals surface area contributed by atoms with Crippen LogP contribution < -0.4 is 11.3 Å². The minimum Gasteiger partial charge on any atom is -0.313 e. The smallest absolute Gasteiger partial charge is 0.148 e. The fourth-order valence-electron chi connectivity index (χ4n) is 2.12. The van der Waals surface area contributed by atoms with Crippen molar-refractivity contribution in [1.82, 2.24) is 19.4 Å². The van der Waals surface area contributed by atoms with Gasteiger partial charge in [0.15, 0.2) is 0 Å². The molecule has 6 nitrogen and oxygen atoms in total. The molecule has 0 bridgehead atoms. The second-order valence-corrected chi connectivity index (χ2v) is 5.07. The zero-order valence-corrected chi connectivity index (χ0v) is 11.0. The molecule has 2 heterocycles. The summed E-state index contributed by atoms with van der Waals surface area (Å²) in [4.78, 5) is 4.92. The maximum atomic E-state index is 5.42. The Morgan fingerprint density at radius 2 is 2.00 bits per heavy atom. The number of anilines is 1. The fourth-order valence-corrected chi connectivity index (χ4v) is 2.61. The average molecular weight is 256 g/mol. The Morgan fingerprint density at radius 3 is 2.65 bits per heavy atom. The summed E-state index contributed by atoms with van der Waals surface area (Å²) >= 11 is 1.31. The Hall–Kier alpha value is -0.760. The first kappa shape index (κ1) is 12.7. The number of piperazine rings is 1. The summed E-state index contributed by atoms with van der Waals surface area (Å²) in [6, 6.07) is 0. The molecule has 1 saturated heterocycles. The van der Waals surface area contributed by atoms with Crippen LogP contribution >= 0.6 is 11.5 Å². The molecule has 1 aromatic heterocycles. The molecule has 0 saturated carbocycles. The molecule has 1 aliphatic rings. The third-order valence-electron chi connectivity index (χ3n) is 3.06. The predicted molar refractivity (Wildman–Crippen MR) is 69.7 cm³/mol. The topological polar surface area (TPSA) is 70.3 Å². The van der Waals surface area contributed by atoms with Crippen molar-refractivity contribution in [1.29, 1.82) is 0 Å². The summed E-state index contributed by atoms with van der Waals surface area (Å²) in [5, 5.41) is 4.98. The standard InChI is InChI=1S/C10H20N6S/c1-2-3-15-4-6-16(7-5-15)8-9-10(12-11)17-14-13-9/h12H,2-8,11H2,1H3. The Kier molecular flexibility index (Phi) is 4.66. The molecule has 17 heavy (non-hydrogen) atoms. The summed E-state index contributed by atoms with van der Waals surface area (Å²) in [7, 11) is 0. The van der Waals surface area contributed by atoms with Gasteiger partial charge in [0.05, 0.1) is 0 Å². The lowest BCUT2D eigenvalue weighted by Crippen LogP contribution is -2.46. The molecule has 1 aliphatic heterocycles. The number of hydrogen-bond acceptors (Lipinski definition) is 7. The van der Waals surface area contributed by atoms with Crippen molar-refractivity contribution in [2.75, 3.05) is 38.1 Å². The van der Waals surface area contributed by atoms with Gasteiger partial charge in [-0.25, -0.2) is 5.84 Å². The van der Waals surface area contributed by atoms with Gasteiger partial charge < -0.3 is 10.3 Å². The van der Waals surface area contributed by atoms with E-state index in [4.69, 9.17) is 5.84 Å². The number of rotatable bonds is 5. The van der Waals surface area contributed by atoms with E-state index in [2.05, 4.69) is 31.7 Å². The van der Waals surface area contributed by atoms with Gasteiger partial charge in [0.2, 0.25) is 0 Å². The maximum Gasteiger partial charge on any atom is 0.148 e. The van der Waals surface area contributed by atoms with Gasteiger partial charge in [0, 0.05) is 44.3 Å². The van der Waals surface area contributed by atoms with Crippen LogP contribution in [0.3, 0.4) is 0 Å². The van der Waals surface area contributed by atoms with Crippen molar-refractivity contribution in [3.05, 3.63) is 5.69 Å². The number of hydrogen-bond donors (Lipinski definition) is 2. The molecule has 0 amide bonds. The van der Waals surface area contributed by atoms with Crippen LogP contribution in [-0.2, 0) is 6.54 Å². The zero-order chi connectivity index (χ0) is 12.1. The number of nitrogens with zero attached hydrogens (tertiary/aromatic N) is 4. The monoisotopic (exact) mass is 256 g/mol. The molecule has 0 atom stereocenters. The normalized spacial score (nSPS) is 18.5. The van der Waals surface area contributed by atoms with E-state index in [1.165, 1.54) is 24.5 Å². The highest BCUT2D eigenvalue weighted by molar-refractivity contribution is 7.10. The lowest BCUT2D eigenvalue weighted by atomic mass is 10.3. The molecule has 0 unspecified atom stereocenters. The summed E-state index contributed by atoms with van der Waals surface area (Å²) in [5.41, 5.74) is 3.61. The Bertz CT molecular complexity index is 333. The molecule has 1 fully saturated rings. The summed E-state index contributed by atoms with van der Waals surface area (Å²) in [6.45, 7) is 8.78. The van der Waals surface area contributed by atoms with E-state index in [0.29, 0.717) is 0 Å². The fraction of sp³-hybridized carbons (Fsp3) is 0.800. The molecule has 96 valence electrons. The molecule has 1 aromatic rings. The van der Waals surface area contributed by atoms with Gasteiger partial charge >= 0.3 is 0 Å². The molecule has 0 radical (unpaired) electrons. The van der Waals surface area contributed by atoms with Crippen LogP contribution in [0.5, 0.6) is 0 Å². The van der Waals surface area contributed by atoms with Crippen molar-refractivity contribution in [2.24, 2.45) is 5.84 Å². The van der Waals surface area contributed by atoms with Crippen LogP contribution in [0.4, 0.5) is 5.00 Å². The highest BCUT2D eigenvalue weighted by Crippen LogP contribution is 2.18. The van der Waals surface area contributed by atoms with E-state index < -0.39 is 0 Å². The average Bonchev–Trinajstić information content (AvgIpc) is 2.79. The molecule has 7 heteroatoms. The number of hydrazine groups is 1. The Morgan fingerprint density at radius 1 is 1.29 bits per heavy atom. The SMILES string of the molecule is CCCN1CCN(Cc2nnsc2NN)CC1. The molecule has 2 rings (SSSR count). The summed E-state index contributed by atoms with van der Waals surface area (Å²) in [5.74, 6) is 5.42. The van der Waals surface area contributed by atoms with Crippen molar-refractivity contribution in [2.45, 2.75) is 19.9 Å². The highest BCUT2D eigenvalue weighted by atomic mass is 32.1. The Labute approximate surface area is 106 Å². The van der Waals surface area contributed by atoms with Gasteiger partial charge in [-0.15, -0.1) is 5.10 Å². The van der Waals surface area contributed by atoms with E-state index in [0.717, 1.165) is 43.4 Å². The maximum absolute atomic E-state index is 5.42. The summed E-state index contributed by atoms with van der Waals surface area (Å²) in [6.07, 6.45) is 1.23. The largest absolute Gasteiger partial charge is 0.313 e. The predicted octanol–water partition coefficient (Wildman–Crippen LogP) is 0.351. The zero-order valence-electron chi connectivity index (χ0n) is 10.2. The van der Waals surface area contributed by atoms with Crippen molar-refractivity contribution in [3.8, 4) is 0 Å². The van der Waals surface area contributed by atoms with Gasteiger partial charge in [0.1, 0.15) is 10.7 Å². The van der Waals surface area contributed by atoms with Gasteiger partial charge in [0.25, 0.3) is 0 Å². The number of nitrogens with two attached hydrogens (primary N) is 1. The highest BCUT2D eigenvalue weighted by Gasteiger charge is 2.18. The van der Waals surface area contributed by atoms with Crippen LogP contribution in [0.25, 0.3) is 0 Å². The van der Waals surface area contributed by atoms with Crippen LogP contribution in [0.15, 0.2) is 0 Å². The quantitative estimate of drug-likeness (QED) is 0.585. The van der Waals surface area contributed by atoms with E-state index in [1.807, 2.05) is 0 Å². The van der Waals surface area contributed by atoms with Crippen LogP contribution in [0, 0.1) is 0 Å². The van der Waals surface area contributed by atoms with Crippen LogP contribution in [-0.4, -0.2) is 52.1 Å². The third kappa shape index (κ3) is 3.35. The summed E-state index contributed by atoms with van der Waals surface area (Å²) < 4.78 is 3.91. The third-order valence-corrected chi connectivity index (χ3v) is 3.76. The molecule has 3 N–H and O–H groups in total. The molecular weight excluding hydrogens is 236 g/mol. The second kappa shape index (κ2) is 6.25. The van der Waals surface area contributed by atoms with E-state index in [9.17, 15) is 0 Å². The van der Waals surface area contributed by atoms with Gasteiger partial charge in [-0.1, -0.05) is 11.4 Å². The van der Waals surface area contributed by atoms with Gasteiger partial charge in [-0.2, -0.15) is 0 Å². The first-order chi connectivity index (χ1) is 8.33. The first-order valence-corrected chi connectivity index (χ1v) is 6.83. The second-order valence-electron chi connectivity index (χ2n) is 4.31. The van der Waals surface area contributed by atoms with Crippen molar-refractivity contribution in [3.63, 3.8) is 0 Å². The number of nitrogens with one attached hydrogen (secondary N) is 1. The van der Waals surface area contributed by atoms with E-state index in [-0.39, 0.29) is 0 Å². The lowest BCUT2D eigenvalue weighted by molar-refractivity contribution is 0.126. The first-order valence-electron chi connectivity index (χ1n) is 6.06. The van der Waals surface area contributed by atoms with Gasteiger partial charge in [-0.3, -0.25) is 4.90 Å². The lowest BCUT2D eigenvalue weighted by Gasteiger charge is -2.34. The minimum absolute atomic E-state index is 0.843.